The van der Waals surface area contributed by atoms with Crippen LogP contribution in [0.5, 0.6) is 0 Å². The van der Waals surface area contributed by atoms with Crippen molar-refractivity contribution in [1.82, 2.24) is 4.98 Å². The van der Waals surface area contributed by atoms with Crippen molar-refractivity contribution in [3.8, 4) is 0 Å². The van der Waals surface area contributed by atoms with Gasteiger partial charge in [-0.3, -0.25) is 0 Å². The van der Waals surface area contributed by atoms with Gasteiger partial charge in [0.1, 0.15) is 5.82 Å². The second kappa shape index (κ2) is 7.19. The summed E-state index contributed by atoms with van der Waals surface area (Å²) in [4.78, 5) is 6.46. The number of anilines is 1. The Balaban J connectivity index is 2.67. The van der Waals surface area contributed by atoms with E-state index in [0.29, 0.717) is 13.1 Å². The van der Waals surface area contributed by atoms with E-state index in [0.717, 1.165) is 30.8 Å². The Bertz CT molecular complexity index is 287. The molecule has 0 bridgehead atoms. The number of pyridine rings is 1. The normalized spacial score (nSPS) is 10.4. The van der Waals surface area contributed by atoms with E-state index >= 15 is 0 Å². The van der Waals surface area contributed by atoms with Gasteiger partial charge in [-0.15, -0.1) is 0 Å². The largest absolute Gasteiger partial charge is 0.395 e. The zero-order valence-electron chi connectivity index (χ0n) is 9.89. The molecular formula is C12H21N3O. The van der Waals surface area contributed by atoms with E-state index < -0.39 is 0 Å². The lowest BCUT2D eigenvalue weighted by Crippen LogP contribution is -2.28. The van der Waals surface area contributed by atoms with Gasteiger partial charge in [-0.2, -0.15) is 0 Å². The van der Waals surface area contributed by atoms with Crippen molar-refractivity contribution in [2.24, 2.45) is 5.73 Å². The Morgan fingerprint density at radius 1 is 1.38 bits per heavy atom. The Kier molecular flexibility index (Phi) is 5.82. The zero-order valence-corrected chi connectivity index (χ0v) is 9.89. The van der Waals surface area contributed by atoms with Crippen LogP contribution >= 0.6 is 0 Å². The Labute approximate surface area is 97.1 Å². The van der Waals surface area contributed by atoms with Crippen molar-refractivity contribution in [3.63, 3.8) is 0 Å². The van der Waals surface area contributed by atoms with Crippen LogP contribution in [-0.2, 0) is 6.54 Å². The second-order valence-corrected chi connectivity index (χ2v) is 3.79. The molecule has 3 N–H and O–H groups in total. The predicted octanol–water partition coefficient (Wildman–Crippen LogP) is 1.14. The Morgan fingerprint density at radius 3 is 2.69 bits per heavy atom. The fraction of sp³-hybridized carbons (Fsp3) is 0.583. The van der Waals surface area contributed by atoms with Crippen LogP contribution < -0.4 is 10.6 Å². The van der Waals surface area contributed by atoms with Gasteiger partial charge >= 0.3 is 0 Å². The maximum atomic E-state index is 9.01. The summed E-state index contributed by atoms with van der Waals surface area (Å²) in [5.41, 5.74) is 6.55. The topological polar surface area (TPSA) is 62.4 Å². The maximum Gasteiger partial charge on any atom is 0.128 e. The second-order valence-electron chi connectivity index (χ2n) is 3.79. The first-order valence-electron chi connectivity index (χ1n) is 5.82. The summed E-state index contributed by atoms with van der Waals surface area (Å²) in [7, 11) is 0. The predicted molar refractivity (Wildman–Crippen MR) is 66.3 cm³/mol. The fourth-order valence-electron chi connectivity index (χ4n) is 1.54. The first-order valence-corrected chi connectivity index (χ1v) is 5.82. The third-order valence-corrected chi connectivity index (χ3v) is 2.52. The molecule has 1 heterocycles. The first kappa shape index (κ1) is 12.9. The molecule has 0 aliphatic rings. The van der Waals surface area contributed by atoms with Crippen LogP contribution in [0.2, 0.25) is 0 Å². The first-order chi connectivity index (χ1) is 7.81. The van der Waals surface area contributed by atoms with Gasteiger partial charge in [-0.25, -0.2) is 4.98 Å². The molecule has 16 heavy (non-hydrogen) atoms. The molecule has 1 aromatic rings. The van der Waals surface area contributed by atoms with Gasteiger partial charge in [0.25, 0.3) is 0 Å². The van der Waals surface area contributed by atoms with Gasteiger partial charge < -0.3 is 15.7 Å². The fourth-order valence-corrected chi connectivity index (χ4v) is 1.54. The van der Waals surface area contributed by atoms with Crippen molar-refractivity contribution in [1.29, 1.82) is 0 Å². The van der Waals surface area contributed by atoms with E-state index in [1.807, 2.05) is 12.1 Å². The summed E-state index contributed by atoms with van der Waals surface area (Å²) in [5, 5.41) is 9.01. The zero-order chi connectivity index (χ0) is 11.8. The van der Waals surface area contributed by atoms with E-state index in [9.17, 15) is 0 Å². The maximum absolute atomic E-state index is 9.01. The lowest BCUT2D eigenvalue weighted by atomic mass is 10.2. The minimum absolute atomic E-state index is 0.157. The summed E-state index contributed by atoms with van der Waals surface area (Å²) >= 11 is 0. The number of aliphatic hydroxyl groups excluding tert-OH is 1. The lowest BCUT2D eigenvalue weighted by Gasteiger charge is -2.22. The summed E-state index contributed by atoms with van der Waals surface area (Å²) in [6, 6.07) is 3.95. The molecule has 0 aromatic carbocycles. The van der Waals surface area contributed by atoms with Gasteiger partial charge in [0.15, 0.2) is 0 Å². The van der Waals surface area contributed by atoms with Crippen molar-refractivity contribution >= 4 is 5.82 Å². The molecule has 0 radical (unpaired) electrons. The van der Waals surface area contributed by atoms with E-state index in [1.165, 1.54) is 0 Å². The summed E-state index contributed by atoms with van der Waals surface area (Å²) in [6.07, 6.45) is 4.05. The highest BCUT2D eigenvalue weighted by molar-refractivity contribution is 5.39. The SMILES string of the molecule is CCCCN(CCO)c1ccc(CN)cn1. The van der Waals surface area contributed by atoms with Crippen LogP contribution in [0.25, 0.3) is 0 Å². The van der Waals surface area contributed by atoms with Gasteiger partial charge in [0.05, 0.1) is 6.61 Å². The van der Waals surface area contributed by atoms with Gasteiger partial charge in [-0.1, -0.05) is 19.4 Å². The highest BCUT2D eigenvalue weighted by Gasteiger charge is 2.06. The minimum atomic E-state index is 0.157. The molecule has 90 valence electrons. The molecule has 0 aliphatic carbocycles. The van der Waals surface area contributed by atoms with E-state index in [1.54, 1.807) is 6.20 Å². The van der Waals surface area contributed by atoms with Crippen LogP contribution in [0, 0.1) is 0 Å². The summed E-state index contributed by atoms with van der Waals surface area (Å²) < 4.78 is 0. The quantitative estimate of drug-likeness (QED) is 0.727. The van der Waals surface area contributed by atoms with Crippen LogP contribution in [-0.4, -0.2) is 29.8 Å². The summed E-state index contributed by atoms with van der Waals surface area (Å²) in [5.74, 6) is 0.916. The van der Waals surface area contributed by atoms with Gasteiger partial charge in [-0.05, 0) is 18.1 Å². The van der Waals surface area contributed by atoms with Gasteiger partial charge in [0.2, 0.25) is 0 Å². The average molecular weight is 223 g/mol. The third kappa shape index (κ3) is 3.79. The molecule has 1 aromatic heterocycles. The molecule has 4 heteroatoms. The summed E-state index contributed by atoms with van der Waals surface area (Å²) in [6.45, 7) is 4.40. The minimum Gasteiger partial charge on any atom is -0.395 e. The molecule has 0 atom stereocenters. The molecule has 4 nitrogen and oxygen atoms in total. The monoisotopic (exact) mass is 223 g/mol. The molecule has 0 spiro atoms. The lowest BCUT2D eigenvalue weighted by molar-refractivity contribution is 0.301. The highest BCUT2D eigenvalue weighted by atomic mass is 16.3. The average Bonchev–Trinajstić information content (AvgIpc) is 2.35. The smallest absolute Gasteiger partial charge is 0.128 e. The van der Waals surface area contributed by atoms with Crippen LogP contribution in [0.15, 0.2) is 18.3 Å². The Hall–Kier alpha value is -1.13. The number of rotatable bonds is 7. The number of nitrogens with two attached hydrogens (primary N) is 1. The van der Waals surface area contributed by atoms with Crippen LogP contribution in [0.1, 0.15) is 25.3 Å². The number of hydrogen-bond acceptors (Lipinski definition) is 4. The van der Waals surface area contributed by atoms with Crippen LogP contribution in [0.3, 0.4) is 0 Å². The van der Waals surface area contributed by atoms with E-state index in [4.69, 9.17) is 10.8 Å². The van der Waals surface area contributed by atoms with Crippen molar-refractivity contribution in [3.05, 3.63) is 23.9 Å². The van der Waals surface area contributed by atoms with E-state index in [-0.39, 0.29) is 6.61 Å². The molecule has 0 fully saturated rings. The van der Waals surface area contributed by atoms with Crippen molar-refractivity contribution < 1.29 is 5.11 Å². The number of hydrogen-bond donors (Lipinski definition) is 2. The number of aliphatic hydroxyl groups is 1. The molecule has 0 saturated heterocycles. The van der Waals surface area contributed by atoms with E-state index in [2.05, 4.69) is 16.8 Å². The molecule has 1 rings (SSSR count). The number of unbranched alkanes of at least 4 members (excludes halogenated alkanes) is 1. The molecule has 0 saturated carbocycles. The molecule has 0 unspecified atom stereocenters. The van der Waals surface area contributed by atoms with Crippen molar-refractivity contribution in [2.45, 2.75) is 26.3 Å². The van der Waals surface area contributed by atoms with Crippen molar-refractivity contribution in [2.75, 3.05) is 24.6 Å². The number of nitrogens with zero attached hydrogens (tertiary/aromatic N) is 2. The van der Waals surface area contributed by atoms with Crippen LogP contribution in [0.4, 0.5) is 5.82 Å². The molecular weight excluding hydrogens is 202 g/mol. The Morgan fingerprint density at radius 2 is 2.19 bits per heavy atom. The molecule has 0 amide bonds. The standard InChI is InChI=1S/C12H21N3O/c1-2-3-6-15(7-8-16)12-5-4-11(9-13)10-14-12/h4-5,10,16H,2-3,6-9,13H2,1H3. The van der Waals surface area contributed by atoms with Gasteiger partial charge in [0, 0.05) is 25.8 Å². The number of aromatic nitrogens is 1. The molecule has 0 aliphatic heterocycles. The highest BCUT2D eigenvalue weighted by Crippen LogP contribution is 2.11. The third-order valence-electron chi connectivity index (χ3n) is 2.52.